The van der Waals surface area contributed by atoms with Crippen molar-refractivity contribution in [2.75, 3.05) is 13.1 Å². The molecule has 0 saturated carbocycles. The molecule has 1 aliphatic carbocycles. The number of nitrogens with zero attached hydrogens (tertiary/aromatic N) is 1. The number of hydrogen-bond donors (Lipinski definition) is 1. The third-order valence-electron chi connectivity index (χ3n) is 5.14. The minimum absolute atomic E-state index is 0.586. The van der Waals surface area contributed by atoms with Crippen molar-refractivity contribution >= 4 is 0 Å². The average molecular weight is 296 g/mol. The first-order valence-electron chi connectivity index (χ1n) is 8.45. The lowest BCUT2D eigenvalue weighted by Crippen LogP contribution is -2.49. The molecule has 0 spiro atoms. The Morgan fingerprint density at radius 1 is 1.09 bits per heavy atom. The molecular formula is C19H24N2O. The molecule has 2 aromatic rings. The quantitative estimate of drug-likeness (QED) is 0.940. The lowest BCUT2D eigenvalue weighted by atomic mass is 10.0. The lowest BCUT2D eigenvalue weighted by Gasteiger charge is -2.37. The van der Waals surface area contributed by atoms with Crippen LogP contribution in [0.25, 0.3) is 0 Å². The molecule has 2 aliphatic rings. The highest BCUT2D eigenvalue weighted by molar-refractivity contribution is 5.33. The van der Waals surface area contributed by atoms with E-state index in [1.807, 2.05) is 12.1 Å². The van der Waals surface area contributed by atoms with Crippen molar-refractivity contribution in [1.29, 1.82) is 0 Å². The van der Waals surface area contributed by atoms with Gasteiger partial charge in [-0.3, -0.25) is 4.90 Å². The largest absolute Gasteiger partial charge is 0.468 e. The fraction of sp³-hybridized carbons (Fsp3) is 0.474. The third kappa shape index (κ3) is 2.96. The van der Waals surface area contributed by atoms with E-state index in [4.69, 9.17) is 4.42 Å². The number of piperidine rings is 1. The van der Waals surface area contributed by atoms with E-state index in [0.29, 0.717) is 12.1 Å². The monoisotopic (exact) mass is 296 g/mol. The van der Waals surface area contributed by atoms with Gasteiger partial charge < -0.3 is 9.73 Å². The summed E-state index contributed by atoms with van der Waals surface area (Å²) in [5.74, 6) is 1.03. The van der Waals surface area contributed by atoms with Gasteiger partial charge in [-0.25, -0.2) is 0 Å². The average Bonchev–Trinajstić information content (AvgIpc) is 3.22. The molecule has 2 heterocycles. The summed E-state index contributed by atoms with van der Waals surface area (Å²) in [4.78, 5) is 2.70. The van der Waals surface area contributed by atoms with Gasteiger partial charge in [-0.1, -0.05) is 24.3 Å². The predicted octanol–water partition coefficient (Wildman–Crippen LogP) is 3.00. The Balaban J connectivity index is 1.34. The zero-order valence-electron chi connectivity index (χ0n) is 13.0. The normalized spacial score (nSPS) is 22.8. The van der Waals surface area contributed by atoms with Gasteiger partial charge in [0.2, 0.25) is 0 Å². The molecule has 1 aromatic heterocycles. The molecule has 0 amide bonds. The van der Waals surface area contributed by atoms with Crippen molar-refractivity contribution in [3.8, 4) is 0 Å². The number of furan rings is 1. The molecule has 0 unspecified atom stereocenters. The Hall–Kier alpha value is -1.58. The predicted molar refractivity (Wildman–Crippen MR) is 87.8 cm³/mol. The standard InChI is InChI=1S/C19H24N2O/c1-2-6-16-12-18(11-15(16)5-1)21-9-3-7-17(14-21)20-13-19-8-4-10-22-19/h1-2,4-6,8,10,17-18,20H,3,7,9,11-14H2/t17-/m0/s1. The van der Waals surface area contributed by atoms with Gasteiger partial charge >= 0.3 is 0 Å². The number of likely N-dealkylation sites (tertiary alicyclic amines) is 1. The second-order valence-corrected chi connectivity index (χ2v) is 6.63. The Morgan fingerprint density at radius 2 is 1.91 bits per heavy atom. The molecule has 22 heavy (non-hydrogen) atoms. The van der Waals surface area contributed by atoms with Crippen molar-refractivity contribution in [1.82, 2.24) is 10.2 Å². The highest BCUT2D eigenvalue weighted by Gasteiger charge is 2.30. The molecule has 3 nitrogen and oxygen atoms in total. The molecule has 4 rings (SSSR count). The van der Waals surface area contributed by atoms with Crippen molar-refractivity contribution in [3.05, 3.63) is 59.5 Å². The van der Waals surface area contributed by atoms with Crippen LogP contribution in [0.4, 0.5) is 0 Å². The second-order valence-electron chi connectivity index (χ2n) is 6.63. The second kappa shape index (κ2) is 6.27. The van der Waals surface area contributed by atoms with Crippen LogP contribution in [-0.4, -0.2) is 30.1 Å². The summed E-state index contributed by atoms with van der Waals surface area (Å²) in [6.07, 6.45) is 6.77. The van der Waals surface area contributed by atoms with E-state index in [1.54, 1.807) is 17.4 Å². The van der Waals surface area contributed by atoms with E-state index >= 15 is 0 Å². The molecule has 3 heteroatoms. The topological polar surface area (TPSA) is 28.4 Å². The van der Waals surface area contributed by atoms with Gasteiger partial charge in [0.1, 0.15) is 5.76 Å². The summed E-state index contributed by atoms with van der Waals surface area (Å²) < 4.78 is 5.42. The van der Waals surface area contributed by atoms with Crippen LogP contribution in [0.5, 0.6) is 0 Å². The van der Waals surface area contributed by atoms with Gasteiger partial charge in [-0.2, -0.15) is 0 Å². The first kappa shape index (κ1) is 14.0. The van der Waals surface area contributed by atoms with E-state index in [0.717, 1.165) is 12.3 Å². The number of nitrogens with one attached hydrogen (secondary N) is 1. The summed E-state index contributed by atoms with van der Waals surface area (Å²) in [5.41, 5.74) is 3.11. The molecule has 116 valence electrons. The van der Waals surface area contributed by atoms with Gasteiger partial charge in [0.05, 0.1) is 12.8 Å². The molecule has 1 saturated heterocycles. The minimum Gasteiger partial charge on any atom is -0.468 e. The first-order valence-corrected chi connectivity index (χ1v) is 8.45. The van der Waals surface area contributed by atoms with Crippen molar-refractivity contribution in [2.24, 2.45) is 0 Å². The Morgan fingerprint density at radius 3 is 2.64 bits per heavy atom. The zero-order valence-corrected chi connectivity index (χ0v) is 13.0. The van der Waals surface area contributed by atoms with Crippen LogP contribution in [0.15, 0.2) is 47.1 Å². The van der Waals surface area contributed by atoms with Crippen molar-refractivity contribution < 1.29 is 4.42 Å². The van der Waals surface area contributed by atoms with E-state index in [9.17, 15) is 0 Å². The van der Waals surface area contributed by atoms with E-state index in [2.05, 4.69) is 34.5 Å². The van der Waals surface area contributed by atoms with E-state index in [1.165, 1.54) is 38.8 Å². The van der Waals surface area contributed by atoms with E-state index in [-0.39, 0.29) is 0 Å². The number of hydrogen-bond acceptors (Lipinski definition) is 3. The maximum absolute atomic E-state index is 5.42. The van der Waals surface area contributed by atoms with Gasteiger partial charge in [0.15, 0.2) is 0 Å². The van der Waals surface area contributed by atoms with Crippen LogP contribution in [0.3, 0.4) is 0 Å². The molecular weight excluding hydrogens is 272 g/mol. The smallest absolute Gasteiger partial charge is 0.117 e. The fourth-order valence-electron chi connectivity index (χ4n) is 3.96. The van der Waals surface area contributed by atoms with Crippen LogP contribution in [0, 0.1) is 0 Å². The molecule has 0 radical (unpaired) electrons. The van der Waals surface area contributed by atoms with Crippen LogP contribution in [0.2, 0.25) is 0 Å². The molecule has 1 fully saturated rings. The van der Waals surface area contributed by atoms with Gasteiger partial charge in [0.25, 0.3) is 0 Å². The SMILES string of the molecule is c1coc(CN[C@H]2CCCN(C3Cc4ccccc4C3)C2)c1. The van der Waals surface area contributed by atoms with Crippen molar-refractivity contribution in [3.63, 3.8) is 0 Å². The Kier molecular flexibility index (Phi) is 4.00. The summed E-state index contributed by atoms with van der Waals surface area (Å²) >= 11 is 0. The van der Waals surface area contributed by atoms with Crippen LogP contribution in [-0.2, 0) is 19.4 Å². The van der Waals surface area contributed by atoms with Gasteiger partial charge in [0, 0.05) is 18.6 Å². The summed E-state index contributed by atoms with van der Waals surface area (Å²) in [7, 11) is 0. The van der Waals surface area contributed by atoms with Crippen molar-refractivity contribution in [2.45, 2.75) is 44.3 Å². The summed E-state index contributed by atoms with van der Waals surface area (Å²) in [6.45, 7) is 3.26. The maximum Gasteiger partial charge on any atom is 0.117 e. The highest BCUT2D eigenvalue weighted by Crippen LogP contribution is 2.27. The van der Waals surface area contributed by atoms with Gasteiger partial charge in [-0.15, -0.1) is 0 Å². The van der Waals surface area contributed by atoms with Crippen LogP contribution in [0.1, 0.15) is 29.7 Å². The van der Waals surface area contributed by atoms with E-state index < -0.39 is 0 Å². The minimum atomic E-state index is 0.586. The molecule has 0 bridgehead atoms. The zero-order chi connectivity index (χ0) is 14.8. The highest BCUT2D eigenvalue weighted by atomic mass is 16.3. The molecule has 1 aliphatic heterocycles. The Bertz CT molecular complexity index is 583. The Labute approximate surface area is 132 Å². The molecule has 1 aromatic carbocycles. The number of rotatable bonds is 4. The first-order chi connectivity index (χ1) is 10.9. The molecule has 1 atom stereocenters. The molecule has 1 N–H and O–H groups in total. The number of fused-ring (bicyclic) bond motifs is 1. The third-order valence-corrected chi connectivity index (χ3v) is 5.14. The maximum atomic E-state index is 5.42. The van der Waals surface area contributed by atoms with Crippen LogP contribution < -0.4 is 5.32 Å². The summed E-state index contributed by atoms with van der Waals surface area (Å²) in [5, 5.41) is 3.66. The van der Waals surface area contributed by atoms with Gasteiger partial charge in [-0.05, 0) is 55.5 Å². The lowest BCUT2D eigenvalue weighted by molar-refractivity contribution is 0.139. The summed E-state index contributed by atoms with van der Waals surface area (Å²) in [6, 6.07) is 14.2. The number of benzene rings is 1. The van der Waals surface area contributed by atoms with Crippen LogP contribution >= 0.6 is 0 Å². The fourth-order valence-corrected chi connectivity index (χ4v) is 3.96.